The maximum atomic E-state index is 8.77. The SMILES string of the molecule is C=CCC(N)c1cc(Br)cc(C#N)c1. The van der Waals surface area contributed by atoms with E-state index in [4.69, 9.17) is 11.0 Å². The molecule has 1 aromatic rings. The van der Waals surface area contributed by atoms with Gasteiger partial charge in [0.1, 0.15) is 0 Å². The van der Waals surface area contributed by atoms with Crippen molar-refractivity contribution >= 4 is 15.9 Å². The van der Waals surface area contributed by atoms with Crippen LogP contribution in [0, 0.1) is 11.3 Å². The molecule has 0 aromatic heterocycles. The fraction of sp³-hybridized carbons (Fsp3) is 0.182. The Bertz CT molecular complexity index is 379. The quantitative estimate of drug-likeness (QED) is 0.839. The summed E-state index contributed by atoms with van der Waals surface area (Å²) < 4.78 is 0.881. The molecule has 1 aromatic carbocycles. The topological polar surface area (TPSA) is 49.8 Å². The minimum absolute atomic E-state index is 0.0860. The van der Waals surface area contributed by atoms with E-state index in [1.165, 1.54) is 0 Å². The predicted molar refractivity (Wildman–Crippen MR) is 60.6 cm³/mol. The second kappa shape index (κ2) is 4.94. The van der Waals surface area contributed by atoms with Crippen molar-refractivity contribution in [2.75, 3.05) is 0 Å². The number of hydrogen-bond donors (Lipinski definition) is 1. The second-order valence-electron chi connectivity index (χ2n) is 3.02. The molecule has 0 aliphatic rings. The number of hydrogen-bond acceptors (Lipinski definition) is 2. The van der Waals surface area contributed by atoms with Crippen molar-refractivity contribution in [3.05, 3.63) is 46.5 Å². The molecule has 0 fully saturated rings. The molecule has 2 N–H and O–H groups in total. The third kappa shape index (κ3) is 2.69. The molecule has 0 bridgehead atoms. The summed E-state index contributed by atoms with van der Waals surface area (Å²) in [5.74, 6) is 0. The van der Waals surface area contributed by atoms with Crippen molar-refractivity contribution in [2.45, 2.75) is 12.5 Å². The van der Waals surface area contributed by atoms with Crippen molar-refractivity contribution in [1.82, 2.24) is 0 Å². The van der Waals surface area contributed by atoms with Gasteiger partial charge in [0.2, 0.25) is 0 Å². The van der Waals surface area contributed by atoms with Gasteiger partial charge in [0.25, 0.3) is 0 Å². The largest absolute Gasteiger partial charge is 0.324 e. The van der Waals surface area contributed by atoms with Crippen LogP contribution >= 0.6 is 15.9 Å². The summed E-state index contributed by atoms with van der Waals surface area (Å²) >= 11 is 3.34. The van der Waals surface area contributed by atoms with Gasteiger partial charge < -0.3 is 5.73 Å². The minimum atomic E-state index is -0.0860. The molecule has 14 heavy (non-hydrogen) atoms. The van der Waals surface area contributed by atoms with Gasteiger partial charge in [-0.3, -0.25) is 0 Å². The average molecular weight is 251 g/mol. The first-order valence-corrected chi connectivity index (χ1v) is 5.03. The highest BCUT2D eigenvalue weighted by atomic mass is 79.9. The minimum Gasteiger partial charge on any atom is -0.324 e. The number of benzene rings is 1. The first-order chi connectivity index (χ1) is 6.67. The molecule has 3 heteroatoms. The third-order valence-corrected chi connectivity index (χ3v) is 2.36. The van der Waals surface area contributed by atoms with Crippen LogP contribution in [0.15, 0.2) is 35.3 Å². The van der Waals surface area contributed by atoms with Gasteiger partial charge in [0.15, 0.2) is 0 Å². The molecule has 0 aliphatic heterocycles. The molecule has 1 unspecified atom stereocenters. The van der Waals surface area contributed by atoms with Gasteiger partial charge in [0.05, 0.1) is 11.6 Å². The van der Waals surface area contributed by atoms with E-state index >= 15 is 0 Å². The van der Waals surface area contributed by atoms with Gasteiger partial charge in [-0.05, 0) is 30.2 Å². The van der Waals surface area contributed by atoms with E-state index < -0.39 is 0 Å². The van der Waals surface area contributed by atoms with Gasteiger partial charge in [-0.25, -0.2) is 0 Å². The second-order valence-corrected chi connectivity index (χ2v) is 3.93. The van der Waals surface area contributed by atoms with Crippen LogP contribution in [0.5, 0.6) is 0 Å². The number of rotatable bonds is 3. The summed E-state index contributed by atoms with van der Waals surface area (Å²) in [5.41, 5.74) is 7.47. The standard InChI is InChI=1S/C11H11BrN2/c1-2-3-11(14)9-4-8(7-13)5-10(12)6-9/h2,4-6,11H,1,3,14H2. The summed E-state index contributed by atoms with van der Waals surface area (Å²) in [6.45, 7) is 3.63. The Morgan fingerprint density at radius 1 is 1.57 bits per heavy atom. The highest BCUT2D eigenvalue weighted by Gasteiger charge is 2.06. The Labute approximate surface area is 92.2 Å². The van der Waals surface area contributed by atoms with Gasteiger partial charge in [-0.2, -0.15) is 5.26 Å². The summed E-state index contributed by atoms with van der Waals surface area (Å²) in [6.07, 6.45) is 2.49. The van der Waals surface area contributed by atoms with E-state index in [1.807, 2.05) is 6.07 Å². The zero-order valence-electron chi connectivity index (χ0n) is 7.70. The Balaban J connectivity index is 3.03. The first kappa shape index (κ1) is 11.0. The highest BCUT2D eigenvalue weighted by molar-refractivity contribution is 9.10. The molecule has 0 aliphatic carbocycles. The molecule has 0 radical (unpaired) electrons. The smallest absolute Gasteiger partial charge is 0.0992 e. The van der Waals surface area contributed by atoms with E-state index in [2.05, 4.69) is 28.6 Å². The van der Waals surface area contributed by atoms with Crippen molar-refractivity contribution in [1.29, 1.82) is 5.26 Å². The third-order valence-electron chi connectivity index (χ3n) is 1.90. The van der Waals surface area contributed by atoms with E-state index in [9.17, 15) is 0 Å². The van der Waals surface area contributed by atoms with E-state index in [1.54, 1.807) is 18.2 Å². The molecule has 2 nitrogen and oxygen atoms in total. The molecule has 72 valence electrons. The van der Waals surface area contributed by atoms with Gasteiger partial charge in [0, 0.05) is 10.5 Å². The Morgan fingerprint density at radius 2 is 2.29 bits per heavy atom. The van der Waals surface area contributed by atoms with Crippen molar-refractivity contribution in [3.63, 3.8) is 0 Å². The Hall–Kier alpha value is -1.11. The molecule has 0 saturated heterocycles. The predicted octanol–water partition coefficient (Wildman–Crippen LogP) is 2.90. The monoisotopic (exact) mass is 250 g/mol. The Morgan fingerprint density at radius 3 is 2.86 bits per heavy atom. The van der Waals surface area contributed by atoms with E-state index in [0.29, 0.717) is 12.0 Å². The van der Waals surface area contributed by atoms with Gasteiger partial charge in [-0.15, -0.1) is 6.58 Å². The van der Waals surface area contributed by atoms with Gasteiger partial charge >= 0.3 is 0 Å². The molecule has 0 spiro atoms. The van der Waals surface area contributed by atoms with Crippen molar-refractivity contribution < 1.29 is 0 Å². The summed E-state index contributed by atoms with van der Waals surface area (Å²) in [4.78, 5) is 0. The summed E-state index contributed by atoms with van der Waals surface area (Å²) in [5, 5.41) is 8.77. The van der Waals surface area contributed by atoms with Crippen LogP contribution in [0.1, 0.15) is 23.6 Å². The van der Waals surface area contributed by atoms with Crippen LogP contribution in [-0.4, -0.2) is 0 Å². The molecule has 0 amide bonds. The van der Waals surface area contributed by atoms with Crippen molar-refractivity contribution in [3.8, 4) is 6.07 Å². The first-order valence-electron chi connectivity index (χ1n) is 4.24. The van der Waals surface area contributed by atoms with Crippen molar-refractivity contribution in [2.24, 2.45) is 5.73 Å². The number of halogens is 1. The Kier molecular flexibility index (Phi) is 3.87. The van der Waals surface area contributed by atoms with Gasteiger partial charge in [-0.1, -0.05) is 22.0 Å². The highest BCUT2D eigenvalue weighted by Crippen LogP contribution is 2.21. The lowest BCUT2D eigenvalue weighted by molar-refractivity contribution is 0.741. The molecule has 0 heterocycles. The lowest BCUT2D eigenvalue weighted by Gasteiger charge is -2.10. The van der Waals surface area contributed by atoms with Crippen LogP contribution in [0.4, 0.5) is 0 Å². The fourth-order valence-electron chi connectivity index (χ4n) is 1.21. The summed E-state index contributed by atoms with van der Waals surface area (Å²) in [6, 6.07) is 7.51. The maximum Gasteiger partial charge on any atom is 0.0992 e. The van der Waals surface area contributed by atoms with Crippen LogP contribution < -0.4 is 5.73 Å². The normalized spacial score (nSPS) is 11.8. The number of nitriles is 1. The molecular formula is C11H11BrN2. The lowest BCUT2D eigenvalue weighted by Crippen LogP contribution is -2.09. The number of nitrogens with two attached hydrogens (primary N) is 1. The lowest BCUT2D eigenvalue weighted by atomic mass is 10.0. The van der Waals surface area contributed by atoms with Crippen LogP contribution in [0.2, 0.25) is 0 Å². The van der Waals surface area contributed by atoms with Crippen LogP contribution in [0.25, 0.3) is 0 Å². The molecule has 0 saturated carbocycles. The van der Waals surface area contributed by atoms with Crippen LogP contribution in [0.3, 0.4) is 0 Å². The molecule has 1 rings (SSSR count). The zero-order chi connectivity index (χ0) is 10.6. The van der Waals surface area contributed by atoms with E-state index in [0.717, 1.165) is 10.0 Å². The number of nitrogens with zero attached hydrogens (tertiary/aromatic N) is 1. The zero-order valence-corrected chi connectivity index (χ0v) is 9.29. The summed E-state index contributed by atoms with van der Waals surface area (Å²) in [7, 11) is 0. The molecule has 1 atom stereocenters. The van der Waals surface area contributed by atoms with E-state index in [-0.39, 0.29) is 6.04 Å². The molecular weight excluding hydrogens is 240 g/mol. The average Bonchev–Trinajstić information content (AvgIpc) is 2.17. The fourth-order valence-corrected chi connectivity index (χ4v) is 1.72. The van der Waals surface area contributed by atoms with Crippen LogP contribution in [-0.2, 0) is 0 Å². The maximum absolute atomic E-state index is 8.77.